The molecule has 5 nitrogen and oxygen atoms in total. The number of hydrogen-bond donors (Lipinski definition) is 1. The number of urea groups is 1. The van der Waals surface area contributed by atoms with Crippen LogP contribution in [0.1, 0.15) is 29.8 Å². The molecule has 2 fully saturated rings. The Morgan fingerprint density at radius 1 is 1.27 bits per heavy atom. The molecule has 1 saturated carbocycles. The number of benzene rings is 1. The van der Waals surface area contributed by atoms with Gasteiger partial charge in [-0.3, -0.25) is 0 Å². The Bertz CT molecular complexity index is 625. The number of fused-ring (bicyclic) bond motifs is 1. The number of amides is 2. The Hall–Kier alpha value is -2.04. The number of rotatable bonds is 2. The number of carbonyl (C=O) groups is 2. The van der Waals surface area contributed by atoms with Crippen LogP contribution < -0.4 is 5.32 Å². The predicted octanol–water partition coefficient (Wildman–Crippen LogP) is 2.90. The highest BCUT2D eigenvalue weighted by atomic mass is 16.5. The first-order valence-corrected chi connectivity index (χ1v) is 7.60. The molecule has 2 aliphatic rings. The van der Waals surface area contributed by atoms with Gasteiger partial charge in [-0.25, -0.2) is 9.59 Å². The van der Waals surface area contributed by atoms with Crippen molar-refractivity contribution in [3.8, 4) is 0 Å². The van der Waals surface area contributed by atoms with Crippen molar-refractivity contribution in [3.63, 3.8) is 0 Å². The quantitative estimate of drug-likeness (QED) is 0.855. The molecule has 22 heavy (non-hydrogen) atoms. The molecule has 1 heterocycles. The summed E-state index contributed by atoms with van der Waals surface area (Å²) >= 11 is 0. The molecular formula is C17H22N2O3. The Morgan fingerprint density at radius 3 is 2.50 bits per heavy atom. The molecule has 0 unspecified atom stereocenters. The van der Waals surface area contributed by atoms with E-state index in [-0.39, 0.29) is 6.03 Å². The second-order valence-corrected chi connectivity index (χ2v) is 6.84. The molecule has 1 aromatic carbocycles. The largest absolute Gasteiger partial charge is 0.465 e. The Labute approximate surface area is 130 Å². The van der Waals surface area contributed by atoms with Crippen LogP contribution in [0.15, 0.2) is 18.2 Å². The minimum atomic E-state index is -0.391. The van der Waals surface area contributed by atoms with E-state index in [2.05, 4.69) is 19.2 Å². The van der Waals surface area contributed by atoms with E-state index in [1.165, 1.54) is 7.11 Å². The Kier molecular flexibility index (Phi) is 3.38. The number of methoxy groups -OCH3 is 1. The summed E-state index contributed by atoms with van der Waals surface area (Å²) in [5.74, 6) is 0.860. The van der Waals surface area contributed by atoms with Gasteiger partial charge in [0.2, 0.25) is 0 Å². The van der Waals surface area contributed by atoms with Crippen molar-refractivity contribution in [1.29, 1.82) is 0 Å². The van der Waals surface area contributed by atoms with Crippen LogP contribution in [0.25, 0.3) is 0 Å². The third-order valence-electron chi connectivity index (χ3n) is 5.39. The maximum absolute atomic E-state index is 12.4. The molecule has 5 heteroatoms. The van der Waals surface area contributed by atoms with Gasteiger partial charge in [0.1, 0.15) is 0 Å². The highest BCUT2D eigenvalue weighted by molar-refractivity contribution is 5.96. The number of likely N-dealkylation sites (tertiary alicyclic amines) is 1. The molecule has 1 aliphatic carbocycles. The number of ether oxygens (including phenoxy) is 1. The average Bonchev–Trinajstić information content (AvgIpc) is 2.86. The van der Waals surface area contributed by atoms with Crippen LogP contribution in [0.4, 0.5) is 10.5 Å². The number of anilines is 1. The van der Waals surface area contributed by atoms with Crippen LogP contribution in [-0.2, 0) is 4.74 Å². The van der Waals surface area contributed by atoms with Crippen LogP contribution in [0.5, 0.6) is 0 Å². The third kappa shape index (κ3) is 2.25. The lowest BCUT2D eigenvalue weighted by molar-refractivity contribution is 0.0600. The molecule has 1 saturated heterocycles. The van der Waals surface area contributed by atoms with Crippen LogP contribution in [0.2, 0.25) is 0 Å². The fourth-order valence-corrected chi connectivity index (χ4v) is 3.59. The van der Waals surface area contributed by atoms with Gasteiger partial charge >= 0.3 is 12.0 Å². The summed E-state index contributed by atoms with van der Waals surface area (Å²) in [5.41, 5.74) is 2.25. The molecule has 118 valence electrons. The van der Waals surface area contributed by atoms with Gasteiger partial charge in [0.15, 0.2) is 0 Å². The molecule has 3 rings (SSSR count). The average molecular weight is 302 g/mol. The van der Waals surface area contributed by atoms with E-state index < -0.39 is 5.97 Å². The van der Waals surface area contributed by atoms with Gasteiger partial charge in [-0.1, -0.05) is 19.9 Å². The van der Waals surface area contributed by atoms with Gasteiger partial charge in [-0.05, 0) is 41.9 Å². The lowest BCUT2D eigenvalue weighted by Gasteiger charge is -2.23. The molecule has 0 bridgehead atoms. The Morgan fingerprint density at radius 2 is 1.91 bits per heavy atom. The smallest absolute Gasteiger partial charge is 0.338 e. The first-order chi connectivity index (χ1) is 10.4. The van der Waals surface area contributed by atoms with Crippen LogP contribution in [0.3, 0.4) is 0 Å². The van der Waals surface area contributed by atoms with Crippen molar-refractivity contribution in [1.82, 2.24) is 4.90 Å². The molecule has 0 spiro atoms. The highest BCUT2D eigenvalue weighted by Gasteiger charge is 2.62. The summed E-state index contributed by atoms with van der Waals surface area (Å²) in [6.45, 7) is 7.98. The molecule has 1 aromatic rings. The SMILES string of the molecule is COC(=O)c1cccc(NC(=O)N2C[C@@H]3[C@@H](C2)C3(C)C)c1C. The number of esters is 1. The van der Waals surface area contributed by atoms with Gasteiger partial charge in [0.05, 0.1) is 12.7 Å². The molecule has 2 amide bonds. The fraction of sp³-hybridized carbons (Fsp3) is 0.529. The third-order valence-corrected chi connectivity index (χ3v) is 5.39. The minimum Gasteiger partial charge on any atom is -0.465 e. The van der Waals surface area contributed by atoms with Crippen molar-refractivity contribution in [3.05, 3.63) is 29.3 Å². The number of hydrogen-bond acceptors (Lipinski definition) is 3. The Balaban J connectivity index is 1.69. The first kappa shape index (κ1) is 14.9. The van der Waals surface area contributed by atoms with E-state index in [9.17, 15) is 9.59 Å². The topological polar surface area (TPSA) is 58.6 Å². The monoisotopic (exact) mass is 302 g/mol. The molecular weight excluding hydrogens is 280 g/mol. The van der Waals surface area contributed by atoms with Crippen LogP contribution in [-0.4, -0.2) is 37.1 Å². The van der Waals surface area contributed by atoms with E-state index in [1.54, 1.807) is 18.2 Å². The maximum atomic E-state index is 12.4. The summed E-state index contributed by atoms with van der Waals surface area (Å²) in [7, 11) is 1.35. The number of nitrogens with one attached hydrogen (secondary N) is 1. The zero-order valence-electron chi connectivity index (χ0n) is 13.5. The molecule has 2 atom stereocenters. The van der Waals surface area contributed by atoms with Crippen molar-refractivity contribution >= 4 is 17.7 Å². The summed E-state index contributed by atoms with van der Waals surface area (Å²) in [6.07, 6.45) is 0. The zero-order valence-corrected chi connectivity index (χ0v) is 13.5. The van der Waals surface area contributed by atoms with Crippen molar-refractivity contribution in [2.75, 3.05) is 25.5 Å². The van der Waals surface area contributed by atoms with E-state index in [1.807, 2.05) is 11.8 Å². The summed E-state index contributed by atoms with van der Waals surface area (Å²) in [4.78, 5) is 26.0. The summed E-state index contributed by atoms with van der Waals surface area (Å²) in [5, 5.41) is 2.92. The number of nitrogens with zero attached hydrogens (tertiary/aromatic N) is 1. The first-order valence-electron chi connectivity index (χ1n) is 7.60. The van der Waals surface area contributed by atoms with Gasteiger partial charge < -0.3 is 15.0 Å². The molecule has 0 aromatic heterocycles. The van der Waals surface area contributed by atoms with Gasteiger partial charge in [-0.15, -0.1) is 0 Å². The van der Waals surface area contributed by atoms with Crippen LogP contribution in [0, 0.1) is 24.2 Å². The second-order valence-electron chi connectivity index (χ2n) is 6.84. The van der Waals surface area contributed by atoms with Gasteiger partial charge in [-0.2, -0.15) is 0 Å². The van der Waals surface area contributed by atoms with E-state index >= 15 is 0 Å². The van der Waals surface area contributed by atoms with Crippen molar-refractivity contribution in [2.45, 2.75) is 20.8 Å². The minimum absolute atomic E-state index is 0.0897. The van der Waals surface area contributed by atoms with E-state index in [0.717, 1.165) is 18.7 Å². The van der Waals surface area contributed by atoms with E-state index in [4.69, 9.17) is 4.74 Å². The standard InChI is InChI=1S/C17H22N2O3/c1-10-11(15(20)22-4)6-5-7-14(10)18-16(21)19-8-12-13(9-19)17(12,2)3/h5-7,12-13H,8-9H2,1-4H3,(H,18,21)/t12-,13-/m1/s1. The van der Waals surface area contributed by atoms with Gasteiger partial charge in [0.25, 0.3) is 0 Å². The normalized spacial score (nSPS) is 24.6. The predicted molar refractivity (Wildman–Crippen MR) is 83.9 cm³/mol. The molecule has 1 N–H and O–H groups in total. The van der Waals surface area contributed by atoms with Crippen LogP contribution >= 0.6 is 0 Å². The second kappa shape index (κ2) is 5.00. The van der Waals surface area contributed by atoms with Crippen molar-refractivity contribution in [2.24, 2.45) is 17.3 Å². The number of carbonyl (C=O) groups excluding carboxylic acids is 2. The summed E-state index contributed by atoms with van der Waals surface area (Å²) in [6, 6.07) is 5.16. The van der Waals surface area contributed by atoms with Gasteiger partial charge in [0, 0.05) is 18.8 Å². The molecule has 0 radical (unpaired) electrons. The van der Waals surface area contributed by atoms with E-state index in [0.29, 0.717) is 28.5 Å². The van der Waals surface area contributed by atoms with Crippen molar-refractivity contribution < 1.29 is 14.3 Å². The number of piperidine rings is 1. The maximum Gasteiger partial charge on any atom is 0.338 e. The summed E-state index contributed by atoms with van der Waals surface area (Å²) < 4.78 is 4.76. The fourth-order valence-electron chi connectivity index (χ4n) is 3.59. The lowest BCUT2D eigenvalue weighted by atomic mass is 10.1. The lowest BCUT2D eigenvalue weighted by Crippen LogP contribution is -2.36. The zero-order chi connectivity index (χ0) is 16.1. The highest BCUT2D eigenvalue weighted by Crippen LogP contribution is 2.61. The molecule has 1 aliphatic heterocycles.